The average molecular weight is 441 g/mol. The first-order valence-corrected chi connectivity index (χ1v) is 10.6. The maximum atomic E-state index is 12.3. The van der Waals surface area contributed by atoms with Crippen molar-refractivity contribution in [1.82, 2.24) is 14.8 Å². The fraction of sp³-hybridized carbons (Fsp3) is 0.273. The third kappa shape index (κ3) is 5.64. The lowest BCUT2D eigenvalue weighted by Crippen LogP contribution is -2.15. The number of thioether (sulfide) groups is 1. The molecule has 31 heavy (non-hydrogen) atoms. The predicted octanol–water partition coefficient (Wildman–Crippen LogP) is 3.53. The standard InChI is InChI=1S/C22H24N4O4S/c1-14-7-5-10-18(15(14)2)30-12-19-24-25-22(26(19)3)31-13-20(27)23-17-9-6-8-16(11-17)21(28)29-4/h5-11H,12-13H2,1-4H3,(H,23,27). The number of carbonyl (C=O) groups is 2. The van der Waals surface area contributed by atoms with Gasteiger partial charge in [0.2, 0.25) is 5.91 Å². The highest BCUT2D eigenvalue weighted by atomic mass is 32.2. The maximum Gasteiger partial charge on any atom is 0.337 e. The summed E-state index contributed by atoms with van der Waals surface area (Å²) in [6.07, 6.45) is 0. The minimum Gasteiger partial charge on any atom is -0.485 e. The lowest BCUT2D eigenvalue weighted by molar-refractivity contribution is -0.113. The molecule has 0 spiro atoms. The molecule has 8 nitrogen and oxygen atoms in total. The molecule has 9 heteroatoms. The van der Waals surface area contributed by atoms with Gasteiger partial charge in [0.15, 0.2) is 11.0 Å². The topological polar surface area (TPSA) is 95.3 Å². The first-order chi connectivity index (χ1) is 14.9. The molecular weight excluding hydrogens is 416 g/mol. The molecule has 0 saturated heterocycles. The van der Waals surface area contributed by atoms with E-state index in [-0.39, 0.29) is 18.3 Å². The molecule has 2 aromatic carbocycles. The lowest BCUT2D eigenvalue weighted by atomic mass is 10.1. The smallest absolute Gasteiger partial charge is 0.337 e. The Hall–Kier alpha value is -3.33. The van der Waals surface area contributed by atoms with E-state index in [0.717, 1.165) is 16.9 Å². The lowest BCUT2D eigenvalue weighted by Gasteiger charge is -2.10. The number of rotatable bonds is 8. The summed E-state index contributed by atoms with van der Waals surface area (Å²) in [4.78, 5) is 23.9. The zero-order valence-electron chi connectivity index (χ0n) is 17.8. The van der Waals surface area contributed by atoms with Gasteiger partial charge in [-0.3, -0.25) is 4.79 Å². The molecule has 0 radical (unpaired) electrons. The second-order valence-electron chi connectivity index (χ2n) is 6.85. The molecule has 0 bridgehead atoms. The molecule has 0 aliphatic heterocycles. The van der Waals surface area contributed by atoms with Crippen LogP contribution in [-0.4, -0.2) is 39.5 Å². The van der Waals surface area contributed by atoms with Gasteiger partial charge < -0.3 is 19.4 Å². The summed E-state index contributed by atoms with van der Waals surface area (Å²) in [6, 6.07) is 12.5. The van der Waals surface area contributed by atoms with Gasteiger partial charge in [-0.2, -0.15) is 0 Å². The van der Waals surface area contributed by atoms with Crippen LogP contribution in [-0.2, 0) is 23.2 Å². The summed E-state index contributed by atoms with van der Waals surface area (Å²) in [5, 5.41) is 11.7. The van der Waals surface area contributed by atoms with E-state index in [9.17, 15) is 9.59 Å². The van der Waals surface area contributed by atoms with Crippen LogP contribution >= 0.6 is 11.8 Å². The van der Waals surface area contributed by atoms with Gasteiger partial charge in [0.25, 0.3) is 0 Å². The van der Waals surface area contributed by atoms with E-state index in [1.165, 1.54) is 18.9 Å². The maximum absolute atomic E-state index is 12.3. The molecule has 0 aliphatic carbocycles. The molecular formula is C22H24N4O4S. The Bertz CT molecular complexity index is 1100. The van der Waals surface area contributed by atoms with Crippen LogP contribution in [0.3, 0.4) is 0 Å². The number of nitrogens with zero attached hydrogens (tertiary/aromatic N) is 3. The number of nitrogens with one attached hydrogen (secondary N) is 1. The molecule has 0 aliphatic rings. The van der Waals surface area contributed by atoms with Crippen LogP contribution in [0, 0.1) is 13.8 Å². The predicted molar refractivity (Wildman–Crippen MR) is 118 cm³/mol. The van der Waals surface area contributed by atoms with E-state index in [4.69, 9.17) is 9.47 Å². The van der Waals surface area contributed by atoms with Crippen LogP contribution < -0.4 is 10.1 Å². The van der Waals surface area contributed by atoms with Crippen molar-refractivity contribution in [2.75, 3.05) is 18.2 Å². The molecule has 1 aromatic heterocycles. The van der Waals surface area contributed by atoms with Gasteiger partial charge in [-0.05, 0) is 49.2 Å². The Kier molecular flexibility index (Phi) is 7.30. The number of hydrogen-bond donors (Lipinski definition) is 1. The van der Waals surface area contributed by atoms with E-state index in [0.29, 0.717) is 22.2 Å². The minimum absolute atomic E-state index is 0.145. The van der Waals surface area contributed by atoms with E-state index in [2.05, 4.69) is 15.5 Å². The Morgan fingerprint density at radius 1 is 1.13 bits per heavy atom. The summed E-state index contributed by atoms with van der Waals surface area (Å²) in [5.74, 6) is 0.940. The summed E-state index contributed by atoms with van der Waals surface area (Å²) >= 11 is 1.27. The van der Waals surface area contributed by atoms with Crippen molar-refractivity contribution < 1.29 is 19.1 Å². The number of aryl methyl sites for hydroxylation is 1. The monoisotopic (exact) mass is 440 g/mol. The second kappa shape index (κ2) is 10.1. The molecule has 0 unspecified atom stereocenters. The summed E-state index contributed by atoms with van der Waals surface area (Å²) in [6.45, 7) is 4.33. The molecule has 1 N–H and O–H groups in total. The SMILES string of the molecule is COC(=O)c1cccc(NC(=O)CSc2nnc(COc3cccc(C)c3C)n2C)c1. The van der Waals surface area contributed by atoms with Crippen molar-refractivity contribution in [1.29, 1.82) is 0 Å². The highest BCUT2D eigenvalue weighted by Crippen LogP contribution is 2.22. The molecule has 1 heterocycles. The van der Waals surface area contributed by atoms with Crippen molar-refractivity contribution in [2.45, 2.75) is 25.6 Å². The molecule has 162 valence electrons. The summed E-state index contributed by atoms with van der Waals surface area (Å²) in [5.41, 5.74) is 3.14. The van der Waals surface area contributed by atoms with Crippen LogP contribution in [0.15, 0.2) is 47.6 Å². The number of ether oxygens (including phenoxy) is 2. The highest BCUT2D eigenvalue weighted by molar-refractivity contribution is 7.99. The van der Waals surface area contributed by atoms with E-state index in [1.807, 2.05) is 39.1 Å². The van der Waals surface area contributed by atoms with Crippen LogP contribution in [0.2, 0.25) is 0 Å². The first-order valence-electron chi connectivity index (χ1n) is 9.57. The highest BCUT2D eigenvalue weighted by Gasteiger charge is 2.13. The fourth-order valence-electron chi connectivity index (χ4n) is 2.79. The number of aromatic nitrogens is 3. The summed E-state index contributed by atoms with van der Waals surface area (Å²) in [7, 11) is 3.15. The number of esters is 1. The van der Waals surface area contributed by atoms with Gasteiger partial charge >= 0.3 is 5.97 Å². The van der Waals surface area contributed by atoms with E-state index < -0.39 is 5.97 Å². The minimum atomic E-state index is -0.458. The average Bonchev–Trinajstić information content (AvgIpc) is 3.12. The fourth-order valence-corrected chi connectivity index (χ4v) is 3.52. The van der Waals surface area contributed by atoms with Gasteiger partial charge in [-0.25, -0.2) is 4.79 Å². The quantitative estimate of drug-likeness (QED) is 0.423. The number of carbonyl (C=O) groups excluding carboxylic acids is 2. The third-order valence-electron chi connectivity index (χ3n) is 4.74. The van der Waals surface area contributed by atoms with Gasteiger partial charge in [0.05, 0.1) is 18.4 Å². The van der Waals surface area contributed by atoms with E-state index >= 15 is 0 Å². The number of hydrogen-bond acceptors (Lipinski definition) is 7. The largest absolute Gasteiger partial charge is 0.485 e. The molecule has 3 aromatic rings. The van der Waals surface area contributed by atoms with Gasteiger partial charge in [-0.15, -0.1) is 10.2 Å². The number of amides is 1. The van der Waals surface area contributed by atoms with Gasteiger partial charge in [0, 0.05) is 12.7 Å². The van der Waals surface area contributed by atoms with Crippen molar-refractivity contribution in [3.05, 3.63) is 65.0 Å². The van der Waals surface area contributed by atoms with Crippen molar-refractivity contribution >= 4 is 29.3 Å². The number of anilines is 1. The zero-order valence-corrected chi connectivity index (χ0v) is 18.7. The molecule has 0 fully saturated rings. The first kappa shape index (κ1) is 22.4. The Morgan fingerprint density at radius 2 is 1.90 bits per heavy atom. The third-order valence-corrected chi connectivity index (χ3v) is 5.76. The number of benzene rings is 2. The van der Waals surface area contributed by atoms with Crippen molar-refractivity contribution in [2.24, 2.45) is 7.05 Å². The van der Waals surface area contributed by atoms with Gasteiger partial charge in [-0.1, -0.05) is 30.0 Å². The molecule has 0 atom stereocenters. The Balaban J connectivity index is 1.55. The van der Waals surface area contributed by atoms with E-state index in [1.54, 1.807) is 28.8 Å². The molecule has 0 saturated carbocycles. The number of methoxy groups -OCH3 is 1. The van der Waals surface area contributed by atoms with Crippen LogP contribution in [0.25, 0.3) is 0 Å². The van der Waals surface area contributed by atoms with Crippen molar-refractivity contribution in [3.63, 3.8) is 0 Å². The second-order valence-corrected chi connectivity index (χ2v) is 7.80. The Morgan fingerprint density at radius 3 is 2.68 bits per heavy atom. The molecule has 3 rings (SSSR count). The van der Waals surface area contributed by atoms with Crippen LogP contribution in [0.1, 0.15) is 27.3 Å². The van der Waals surface area contributed by atoms with Gasteiger partial charge in [0.1, 0.15) is 12.4 Å². The van der Waals surface area contributed by atoms with Crippen LogP contribution in [0.5, 0.6) is 5.75 Å². The van der Waals surface area contributed by atoms with Crippen molar-refractivity contribution in [3.8, 4) is 5.75 Å². The Labute approximate surface area is 185 Å². The van der Waals surface area contributed by atoms with Crippen LogP contribution in [0.4, 0.5) is 5.69 Å². The summed E-state index contributed by atoms with van der Waals surface area (Å²) < 4.78 is 12.4. The normalized spacial score (nSPS) is 10.6. The molecule has 1 amide bonds. The zero-order chi connectivity index (χ0) is 22.4.